The van der Waals surface area contributed by atoms with Crippen LogP contribution >= 0.6 is 24.0 Å². The SMILES string of the molecule is CCNC(=NCCCOc1ccc(F)cc1)NCCc1ccccn1.I. The van der Waals surface area contributed by atoms with Crippen molar-refractivity contribution >= 4 is 29.9 Å². The molecule has 0 spiro atoms. The quantitative estimate of drug-likeness (QED) is 0.254. The average molecular weight is 472 g/mol. The van der Waals surface area contributed by atoms with E-state index < -0.39 is 0 Å². The Bertz CT molecular complexity index is 638. The molecule has 0 fully saturated rings. The molecule has 1 aromatic heterocycles. The number of rotatable bonds is 9. The third-order valence-corrected chi connectivity index (χ3v) is 3.40. The molecule has 0 aliphatic rings. The second-order valence-electron chi connectivity index (χ2n) is 5.41. The zero-order valence-corrected chi connectivity index (χ0v) is 17.3. The lowest BCUT2D eigenvalue weighted by atomic mass is 10.3. The zero-order valence-electron chi connectivity index (χ0n) is 15.0. The Kier molecular flexibility index (Phi) is 11.3. The Morgan fingerprint density at radius 3 is 2.65 bits per heavy atom. The Hall–Kier alpha value is -1.90. The second kappa shape index (κ2) is 13.3. The van der Waals surface area contributed by atoms with Gasteiger partial charge in [0.25, 0.3) is 0 Å². The standard InChI is InChI=1S/C19H25FN4O.HI/c1-2-21-19(24-14-11-17-6-3-4-12-22-17)23-13-5-15-25-18-9-7-16(20)8-10-18;/h3-4,6-10,12H,2,5,11,13-15H2,1H3,(H2,21,23,24);1H. The first-order valence-electron chi connectivity index (χ1n) is 8.58. The van der Waals surface area contributed by atoms with Crippen molar-refractivity contribution in [3.63, 3.8) is 0 Å². The molecule has 0 bridgehead atoms. The highest BCUT2D eigenvalue weighted by molar-refractivity contribution is 14.0. The van der Waals surface area contributed by atoms with Gasteiger partial charge >= 0.3 is 0 Å². The van der Waals surface area contributed by atoms with Crippen molar-refractivity contribution in [2.45, 2.75) is 19.8 Å². The van der Waals surface area contributed by atoms with E-state index in [0.29, 0.717) is 18.9 Å². The van der Waals surface area contributed by atoms with E-state index in [2.05, 4.69) is 20.6 Å². The van der Waals surface area contributed by atoms with Crippen molar-refractivity contribution in [3.05, 3.63) is 60.2 Å². The Morgan fingerprint density at radius 1 is 1.15 bits per heavy atom. The molecule has 2 aromatic rings. The summed E-state index contributed by atoms with van der Waals surface area (Å²) >= 11 is 0. The van der Waals surface area contributed by atoms with Gasteiger partial charge in [0.2, 0.25) is 0 Å². The molecule has 5 nitrogen and oxygen atoms in total. The van der Waals surface area contributed by atoms with Gasteiger partial charge in [-0.3, -0.25) is 9.98 Å². The van der Waals surface area contributed by atoms with E-state index in [4.69, 9.17) is 4.74 Å². The number of nitrogens with zero attached hydrogens (tertiary/aromatic N) is 2. The van der Waals surface area contributed by atoms with E-state index in [9.17, 15) is 4.39 Å². The van der Waals surface area contributed by atoms with E-state index in [1.165, 1.54) is 12.1 Å². The molecule has 0 radical (unpaired) electrons. The van der Waals surface area contributed by atoms with Gasteiger partial charge in [-0.15, -0.1) is 24.0 Å². The highest BCUT2D eigenvalue weighted by Gasteiger charge is 1.99. The van der Waals surface area contributed by atoms with Crippen LogP contribution in [0.4, 0.5) is 4.39 Å². The maximum Gasteiger partial charge on any atom is 0.191 e. The fourth-order valence-electron chi connectivity index (χ4n) is 2.17. The van der Waals surface area contributed by atoms with E-state index in [-0.39, 0.29) is 29.8 Å². The third-order valence-electron chi connectivity index (χ3n) is 3.40. The minimum Gasteiger partial charge on any atom is -0.494 e. The van der Waals surface area contributed by atoms with Crippen LogP contribution in [0.5, 0.6) is 5.75 Å². The number of guanidine groups is 1. The summed E-state index contributed by atoms with van der Waals surface area (Å²) < 4.78 is 18.4. The van der Waals surface area contributed by atoms with Crippen LogP contribution in [-0.4, -0.2) is 37.2 Å². The van der Waals surface area contributed by atoms with Crippen LogP contribution in [0, 0.1) is 5.82 Å². The fraction of sp³-hybridized carbons (Fsp3) is 0.368. The number of aliphatic imine (C=N–C) groups is 1. The van der Waals surface area contributed by atoms with E-state index in [1.807, 2.05) is 25.1 Å². The second-order valence-corrected chi connectivity index (χ2v) is 5.41. The summed E-state index contributed by atoms with van der Waals surface area (Å²) in [4.78, 5) is 8.83. The van der Waals surface area contributed by atoms with Gasteiger partial charge in [-0.05, 0) is 43.3 Å². The molecule has 0 unspecified atom stereocenters. The van der Waals surface area contributed by atoms with Gasteiger partial charge < -0.3 is 15.4 Å². The smallest absolute Gasteiger partial charge is 0.191 e. The highest BCUT2D eigenvalue weighted by atomic mass is 127. The predicted octanol–water partition coefficient (Wildman–Crippen LogP) is 3.41. The first-order chi connectivity index (χ1) is 12.3. The first kappa shape index (κ1) is 22.1. The number of hydrogen-bond acceptors (Lipinski definition) is 3. The van der Waals surface area contributed by atoms with Crippen molar-refractivity contribution in [2.75, 3.05) is 26.2 Å². The van der Waals surface area contributed by atoms with Crippen LogP contribution in [0.3, 0.4) is 0 Å². The maximum atomic E-state index is 12.8. The average Bonchev–Trinajstić information content (AvgIpc) is 2.64. The maximum absolute atomic E-state index is 12.8. The first-order valence-corrected chi connectivity index (χ1v) is 8.58. The molecule has 2 rings (SSSR count). The Balaban J connectivity index is 0.00000338. The summed E-state index contributed by atoms with van der Waals surface area (Å²) in [5.41, 5.74) is 1.05. The van der Waals surface area contributed by atoms with Gasteiger partial charge in [0.1, 0.15) is 11.6 Å². The molecular weight excluding hydrogens is 446 g/mol. The molecule has 0 saturated heterocycles. The molecule has 2 N–H and O–H groups in total. The van der Waals surface area contributed by atoms with E-state index in [0.717, 1.165) is 37.6 Å². The molecule has 0 atom stereocenters. The van der Waals surface area contributed by atoms with Crippen LogP contribution in [-0.2, 0) is 6.42 Å². The van der Waals surface area contributed by atoms with Crippen LogP contribution in [0.15, 0.2) is 53.7 Å². The molecule has 7 heteroatoms. The predicted molar refractivity (Wildman–Crippen MR) is 114 cm³/mol. The highest BCUT2D eigenvalue weighted by Crippen LogP contribution is 2.11. The molecule has 0 amide bonds. The van der Waals surface area contributed by atoms with Gasteiger partial charge in [0.15, 0.2) is 5.96 Å². The van der Waals surface area contributed by atoms with Crippen LogP contribution in [0.25, 0.3) is 0 Å². The van der Waals surface area contributed by atoms with Crippen molar-refractivity contribution in [2.24, 2.45) is 4.99 Å². The lowest BCUT2D eigenvalue weighted by molar-refractivity contribution is 0.313. The largest absolute Gasteiger partial charge is 0.494 e. The van der Waals surface area contributed by atoms with Gasteiger partial charge in [-0.2, -0.15) is 0 Å². The minimum atomic E-state index is -0.260. The zero-order chi connectivity index (χ0) is 17.7. The number of nitrogens with one attached hydrogen (secondary N) is 2. The third kappa shape index (κ3) is 8.98. The summed E-state index contributed by atoms with van der Waals surface area (Å²) in [6, 6.07) is 12.0. The summed E-state index contributed by atoms with van der Waals surface area (Å²) in [6.45, 7) is 4.81. The topological polar surface area (TPSA) is 58.5 Å². The number of aromatic nitrogens is 1. The molecule has 142 valence electrons. The van der Waals surface area contributed by atoms with E-state index in [1.54, 1.807) is 18.3 Å². The fourth-order valence-corrected chi connectivity index (χ4v) is 2.17. The molecule has 0 aliphatic heterocycles. The number of pyridine rings is 1. The number of hydrogen-bond donors (Lipinski definition) is 2. The molecule has 0 aliphatic carbocycles. The van der Waals surface area contributed by atoms with Crippen molar-refractivity contribution in [3.8, 4) is 5.75 Å². The summed E-state index contributed by atoms with van der Waals surface area (Å²) in [7, 11) is 0. The minimum absolute atomic E-state index is 0. The number of halogens is 2. The molecule has 26 heavy (non-hydrogen) atoms. The Morgan fingerprint density at radius 2 is 1.96 bits per heavy atom. The lowest BCUT2D eigenvalue weighted by Crippen LogP contribution is -2.38. The normalized spacial score (nSPS) is 10.8. The van der Waals surface area contributed by atoms with Gasteiger partial charge in [-0.1, -0.05) is 6.07 Å². The number of benzene rings is 1. The van der Waals surface area contributed by atoms with Crippen molar-refractivity contribution in [1.29, 1.82) is 0 Å². The van der Waals surface area contributed by atoms with Crippen molar-refractivity contribution in [1.82, 2.24) is 15.6 Å². The molecular formula is C19H26FIN4O. The van der Waals surface area contributed by atoms with Crippen LogP contribution in [0.2, 0.25) is 0 Å². The Labute approximate surface area is 171 Å². The summed E-state index contributed by atoms with van der Waals surface area (Å²) in [5.74, 6) is 1.20. The monoisotopic (exact) mass is 472 g/mol. The van der Waals surface area contributed by atoms with E-state index >= 15 is 0 Å². The van der Waals surface area contributed by atoms with Gasteiger partial charge in [-0.25, -0.2) is 4.39 Å². The summed E-state index contributed by atoms with van der Waals surface area (Å²) in [5, 5.41) is 6.52. The van der Waals surface area contributed by atoms with Crippen LogP contribution in [0.1, 0.15) is 19.0 Å². The van der Waals surface area contributed by atoms with Crippen molar-refractivity contribution < 1.29 is 9.13 Å². The molecule has 0 saturated carbocycles. The van der Waals surface area contributed by atoms with Gasteiger partial charge in [0.05, 0.1) is 6.61 Å². The molecule has 1 heterocycles. The number of ether oxygens (including phenoxy) is 1. The van der Waals surface area contributed by atoms with Gasteiger partial charge in [0, 0.05) is 44.4 Å². The van der Waals surface area contributed by atoms with Crippen LogP contribution < -0.4 is 15.4 Å². The lowest BCUT2D eigenvalue weighted by Gasteiger charge is -2.11. The molecule has 1 aromatic carbocycles. The summed E-state index contributed by atoms with van der Waals surface area (Å²) in [6.07, 6.45) is 3.43.